The smallest absolute Gasteiger partial charge is 0.317 e. The molecule has 1 fully saturated rings. The van der Waals surface area contributed by atoms with Gasteiger partial charge in [-0.1, -0.05) is 13.8 Å². The van der Waals surface area contributed by atoms with Crippen molar-refractivity contribution in [3.05, 3.63) is 12.3 Å². The fourth-order valence-electron chi connectivity index (χ4n) is 3.47. The summed E-state index contributed by atoms with van der Waals surface area (Å²) >= 11 is 0. The Labute approximate surface area is 143 Å². The topological polar surface area (TPSA) is 70.5 Å². The lowest BCUT2D eigenvalue weighted by Gasteiger charge is -2.33. The summed E-state index contributed by atoms with van der Waals surface area (Å²) in [7, 11) is 0. The van der Waals surface area contributed by atoms with Crippen molar-refractivity contribution in [2.75, 3.05) is 31.1 Å². The van der Waals surface area contributed by atoms with E-state index >= 15 is 0 Å². The first-order valence-corrected chi connectivity index (χ1v) is 8.89. The van der Waals surface area contributed by atoms with Gasteiger partial charge in [0.05, 0.1) is 12.7 Å². The quantitative estimate of drug-likeness (QED) is 0.912. The minimum atomic E-state index is 0.0000906. The summed E-state index contributed by atoms with van der Waals surface area (Å²) in [5.41, 5.74) is 0. The first-order chi connectivity index (χ1) is 11.5. The monoisotopic (exact) mass is 333 g/mol. The van der Waals surface area contributed by atoms with Gasteiger partial charge in [0.15, 0.2) is 0 Å². The Morgan fingerprint density at radius 2 is 2.17 bits per heavy atom. The molecule has 0 saturated carbocycles. The van der Waals surface area contributed by atoms with Gasteiger partial charge >= 0.3 is 6.03 Å². The number of rotatable bonds is 4. The second kappa shape index (κ2) is 7.23. The normalized spacial score (nSPS) is 20.4. The van der Waals surface area contributed by atoms with Crippen LogP contribution >= 0.6 is 0 Å². The van der Waals surface area contributed by atoms with Crippen molar-refractivity contribution in [2.45, 2.75) is 39.7 Å². The van der Waals surface area contributed by atoms with Gasteiger partial charge in [0.2, 0.25) is 5.91 Å². The molecule has 0 bridgehead atoms. The van der Waals surface area contributed by atoms with Crippen molar-refractivity contribution in [3.63, 3.8) is 0 Å². The molecule has 2 aliphatic rings. The van der Waals surface area contributed by atoms with Crippen LogP contribution in [0.1, 0.15) is 33.1 Å². The average Bonchev–Trinajstić information content (AvgIpc) is 3.15. The Morgan fingerprint density at radius 1 is 1.33 bits per heavy atom. The molecule has 1 unspecified atom stereocenters. The number of likely N-dealkylation sites (tertiary alicyclic amines) is 1. The van der Waals surface area contributed by atoms with Crippen LogP contribution < -0.4 is 10.2 Å². The Kier molecular flexibility index (Phi) is 5.06. The van der Waals surface area contributed by atoms with E-state index in [0.29, 0.717) is 32.0 Å². The maximum absolute atomic E-state index is 12.6. The third-order valence-corrected chi connectivity index (χ3v) is 4.74. The van der Waals surface area contributed by atoms with Crippen molar-refractivity contribution in [2.24, 2.45) is 11.8 Å². The molecule has 1 N–H and O–H groups in total. The largest absolute Gasteiger partial charge is 0.338 e. The molecule has 7 heteroatoms. The summed E-state index contributed by atoms with van der Waals surface area (Å²) in [5.74, 6) is 1.72. The number of carbonyl (C=O) groups is 2. The molecule has 24 heavy (non-hydrogen) atoms. The van der Waals surface area contributed by atoms with E-state index in [2.05, 4.69) is 24.3 Å². The molecule has 0 aliphatic carbocycles. The second-order valence-corrected chi connectivity index (χ2v) is 7.20. The Morgan fingerprint density at radius 3 is 2.96 bits per heavy atom. The van der Waals surface area contributed by atoms with Crippen LogP contribution in [0.2, 0.25) is 0 Å². The number of urea groups is 1. The number of fused-ring (bicyclic) bond motifs is 1. The number of anilines is 1. The number of carbonyl (C=O) groups excluding carboxylic acids is 2. The van der Waals surface area contributed by atoms with Crippen LogP contribution in [0.3, 0.4) is 0 Å². The summed E-state index contributed by atoms with van der Waals surface area (Å²) in [6.45, 7) is 7.78. The van der Waals surface area contributed by atoms with E-state index < -0.39 is 0 Å². The summed E-state index contributed by atoms with van der Waals surface area (Å²) in [5, 5.41) is 7.18. The van der Waals surface area contributed by atoms with Gasteiger partial charge in [-0.2, -0.15) is 5.10 Å². The predicted molar refractivity (Wildman–Crippen MR) is 91.7 cm³/mol. The number of amides is 3. The highest BCUT2D eigenvalue weighted by molar-refractivity contribution is 5.93. The van der Waals surface area contributed by atoms with Gasteiger partial charge < -0.3 is 10.2 Å². The zero-order chi connectivity index (χ0) is 17.1. The van der Waals surface area contributed by atoms with Gasteiger partial charge in [-0.15, -0.1) is 0 Å². The number of nitrogens with zero attached hydrogens (tertiary/aromatic N) is 4. The predicted octanol–water partition coefficient (Wildman–Crippen LogP) is 1.70. The highest BCUT2D eigenvalue weighted by Gasteiger charge is 2.30. The van der Waals surface area contributed by atoms with Crippen LogP contribution in [0.25, 0.3) is 0 Å². The molecule has 0 radical (unpaired) electrons. The fourth-order valence-corrected chi connectivity index (χ4v) is 3.47. The number of piperidine rings is 1. The Bertz CT molecular complexity index is 598. The maximum atomic E-state index is 12.6. The van der Waals surface area contributed by atoms with Crippen molar-refractivity contribution in [1.82, 2.24) is 20.0 Å². The third kappa shape index (κ3) is 3.71. The van der Waals surface area contributed by atoms with Crippen LogP contribution in [-0.4, -0.2) is 52.8 Å². The van der Waals surface area contributed by atoms with Crippen molar-refractivity contribution >= 4 is 17.8 Å². The molecular weight excluding hydrogens is 306 g/mol. The molecule has 132 valence electrons. The van der Waals surface area contributed by atoms with Crippen LogP contribution in [0, 0.1) is 11.8 Å². The van der Waals surface area contributed by atoms with E-state index in [0.717, 1.165) is 31.7 Å². The first-order valence-electron chi connectivity index (χ1n) is 8.89. The second-order valence-electron chi connectivity index (χ2n) is 7.20. The third-order valence-electron chi connectivity index (χ3n) is 4.74. The summed E-state index contributed by atoms with van der Waals surface area (Å²) in [6.07, 6.45) is 4.20. The molecule has 3 rings (SSSR count). The summed E-state index contributed by atoms with van der Waals surface area (Å²) < 4.78 is 1.87. The number of aromatic nitrogens is 2. The molecule has 1 atom stereocenters. The summed E-state index contributed by atoms with van der Waals surface area (Å²) in [6, 6.07) is 1.89. The van der Waals surface area contributed by atoms with Crippen LogP contribution in [-0.2, 0) is 11.3 Å². The number of nitrogens with one attached hydrogen (secondary N) is 1. The standard InChI is InChI=1S/C17H27N5O2/c1-13(2)11-18-17(24)20-7-3-4-14(12-20)10-16(23)21-8-9-22-15(21)5-6-19-22/h5-6,13-14H,3-4,7-12H2,1-2H3,(H,18,24). The summed E-state index contributed by atoms with van der Waals surface area (Å²) in [4.78, 5) is 28.5. The minimum absolute atomic E-state index is 0.0000906. The Balaban J connectivity index is 1.52. The van der Waals surface area contributed by atoms with E-state index in [1.807, 2.05) is 20.5 Å². The number of hydrogen-bond donors (Lipinski definition) is 1. The van der Waals surface area contributed by atoms with E-state index in [9.17, 15) is 9.59 Å². The van der Waals surface area contributed by atoms with Gasteiger partial charge in [-0.25, -0.2) is 9.48 Å². The van der Waals surface area contributed by atoms with E-state index in [-0.39, 0.29) is 17.9 Å². The molecule has 1 aromatic heterocycles. The highest BCUT2D eigenvalue weighted by Crippen LogP contribution is 2.25. The maximum Gasteiger partial charge on any atom is 0.317 e. The number of hydrogen-bond acceptors (Lipinski definition) is 3. The SMILES string of the molecule is CC(C)CNC(=O)N1CCCC(CC(=O)N2CCn3nccc32)C1. The van der Waals surface area contributed by atoms with Gasteiger partial charge in [0, 0.05) is 38.7 Å². The van der Waals surface area contributed by atoms with Crippen LogP contribution in [0.5, 0.6) is 0 Å². The molecular formula is C17H27N5O2. The molecule has 1 aromatic rings. The van der Waals surface area contributed by atoms with Gasteiger partial charge in [-0.3, -0.25) is 9.69 Å². The highest BCUT2D eigenvalue weighted by atomic mass is 16.2. The molecule has 1 saturated heterocycles. The molecule has 3 amide bonds. The van der Waals surface area contributed by atoms with Crippen molar-refractivity contribution in [1.29, 1.82) is 0 Å². The average molecular weight is 333 g/mol. The van der Waals surface area contributed by atoms with Crippen molar-refractivity contribution < 1.29 is 9.59 Å². The van der Waals surface area contributed by atoms with Gasteiger partial charge in [0.25, 0.3) is 0 Å². The van der Waals surface area contributed by atoms with Gasteiger partial charge in [-0.05, 0) is 24.7 Å². The van der Waals surface area contributed by atoms with E-state index in [1.165, 1.54) is 0 Å². The lowest BCUT2D eigenvalue weighted by molar-refractivity contribution is -0.119. The lowest BCUT2D eigenvalue weighted by atomic mass is 9.94. The molecule has 0 aromatic carbocycles. The zero-order valence-electron chi connectivity index (χ0n) is 14.6. The van der Waals surface area contributed by atoms with Crippen LogP contribution in [0.15, 0.2) is 12.3 Å². The minimum Gasteiger partial charge on any atom is -0.338 e. The molecule has 0 spiro atoms. The molecule has 3 heterocycles. The van der Waals surface area contributed by atoms with Gasteiger partial charge in [0.1, 0.15) is 5.82 Å². The zero-order valence-corrected chi connectivity index (χ0v) is 14.6. The first kappa shape index (κ1) is 16.8. The van der Waals surface area contributed by atoms with E-state index in [4.69, 9.17) is 0 Å². The lowest BCUT2D eigenvalue weighted by Crippen LogP contribution is -2.47. The van der Waals surface area contributed by atoms with E-state index in [1.54, 1.807) is 6.20 Å². The Hall–Kier alpha value is -2.05. The van der Waals surface area contributed by atoms with Crippen molar-refractivity contribution in [3.8, 4) is 0 Å². The molecule has 2 aliphatic heterocycles. The van der Waals surface area contributed by atoms with Crippen LogP contribution in [0.4, 0.5) is 10.6 Å². The fraction of sp³-hybridized carbons (Fsp3) is 0.706. The molecule has 7 nitrogen and oxygen atoms in total.